The minimum Gasteiger partial charge on any atom is -0.383 e. The lowest BCUT2D eigenvalue weighted by Gasteiger charge is -2.07. The molecule has 72 valence electrons. The maximum atomic E-state index is 13.2. The molecule has 1 nitrogen and oxygen atoms in total. The highest BCUT2D eigenvalue weighted by atomic mass is 19.1. The van der Waals surface area contributed by atoms with E-state index in [1.54, 1.807) is 0 Å². The van der Waals surface area contributed by atoms with Gasteiger partial charge in [0.15, 0.2) is 0 Å². The second-order valence-corrected chi connectivity index (χ2v) is 3.09. The van der Waals surface area contributed by atoms with Crippen molar-refractivity contribution in [2.24, 2.45) is 0 Å². The Morgan fingerprint density at radius 1 is 1.31 bits per heavy atom. The average molecular weight is 181 g/mol. The van der Waals surface area contributed by atoms with Gasteiger partial charge in [-0.05, 0) is 30.5 Å². The maximum absolute atomic E-state index is 13.2. The van der Waals surface area contributed by atoms with Crippen molar-refractivity contribution in [3.05, 3.63) is 29.6 Å². The van der Waals surface area contributed by atoms with Crippen LogP contribution in [0.2, 0.25) is 0 Å². The molecule has 1 N–H and O–H groups in total. The molecule has 0 atom stereocenters. The van der Waals surface area contributed by atoms with Crippen LogP contribution in [-0.2, 0) is 6.42 Å². The van der Waals surface area contributed by atoms with Crippen LogP contribution in [0, 0.1) is 5.82 Å². The molecule has 0 spiro atoms. The van der Waals surface area contributed by atoms with Gasteiger partial charge in [-0.3, -0.25) is 0 Å². The Labute approximate surface area is 79.0 Å². The van der Waals surface area contributed by atoms with Gasteiger partial charge in [0, 0.05) is 6.54 Å². The Bertz CT molecular complexity index is 271. The van der Waals surface area contributed by atoms with Gasteiger partial charge in [0.1, 0.15) is 5.82 Å². The third kappa shape index (κ3) is 2.72. The zero-order chi connectivity index (χ0) is 9.68. The molecule has 0 aliphatic heterocycles. The predicted octanol–water partition coefficient (Wildman–Crippen LogP) is 3.21. The van der Waals surface area contributed by atoms with E-state index in [2.05, 4.69) is 19.2 Å². The summed E-state index contributed by atoms with van der Waals surface area (Å²) in [6.07, 6.45) is 1.96. The van der Waals surface area contributed by atoms with Crippen LogP contribution < -0.4 is 5.32 Å². The van der Waals surface area contributed by atoms with Crippen molar-refractivity contribution in [2.75, 3.05) is 11.9 Å². The third-order valence-corrected chi connectivity index (χ3v) is 2.00. The topological polar surface area (TPSA) is 12.0 Å². The Hall–Kier alpha value is -1.05. The van der Waals surface area contributed by atoms with Crippen LogP contribution >= 0.6 is 0 Å². The van der Waals surface area contributed by atoms with E-state index in [-0.39, 0.29) is 5.82 Å². The van der Waals surface area contributed by atoms with E-state index in [9.17, 15) is 4.39 Å². The van der Waals surface area contributed by atoms with Gasteiger partial charge < -0.3 is 5.32 Å². The van der Waals surface area contributed by atoms with Crippen LogP contribution in [0.5, 0.6) is 0 Å². The highest BCUT2D eigenvalue weighted by Gasteiger charge is 2.00. The Morgan fingerprint density at radius 2 is 2.08 bits per heavy atom. The first-order chi connectivity index (χ1) is 6.27. The molecular weight excluding hydrogens is 165 g/mol. The lowest BCUT2D eigenvalue weighted by molar-refractivity contribution is 0.629. The fraction of sp³-hybridized carbons (Fsp3) is 0.455. The first kappa shape index (κ1) is 10.0. The zero-order valence-corrected chi connectivity index (χ0v) is 8.23. The van der Waals surface area contributed by atoms with Crippen molar-refractivity contribution < 1.29 is 4.39 Å². The minimum atomic E-state index is -0.161. The molecule has 13 heavy (non-hydrogen) atoms. The Kier molecular flexibility index (Phi) is 3.74. The highest BCUT2D eigenvalue weighted by Crippen LogP contribution is 2.16. The number of aryl methyl sites for hydroxylation is 1. The van der Waals surface area contributed by atoms with Crippen molar-refractivity contribution in [1.82, 2.24) is 0 Å². The normalized spacial score (nSPS) is 10.1. The lowest BCUT2D eigenvalue weighted by atomic mass is 10.1. The smallest absolute Gasteiger partial charge is 0.146 e. The molecule has 0 saturated carbocycles. The van der Waals surface area contributed by atoms with E-state index in [1.165, 1.54) is 11.6 Å². The molecule has 0 saturated heterocycles. The summed E-state index contributed by atoms with van der Waals surface area (Å²) >= 11 is 0. The molecule has 0 fully saturated rings. The monoisotopic (exact) mass is 181 g/mol. The molecule has 1 aromatic rings. The predicted molar refractivity (Wildman–Crippen MR) is 54.6 cm³/mol. The van der Waals surface area contributed by atoms with Crippen LogP contribution in [0.3, 0.4) is 0 Å². The molecule has 1 rings (SSSR count). The SMILES string of the molecule is CCCNc1cc(CC)ccc1F. The van der Waals surface area contributed by atoms with E-state index in [0.717, 1.165) is 19.4 Å². The van der Waals surface area contributed by atoms with Crippen molar-refractivity contribution in [3.8, 4) is 0 Å². The van der Waals surface area contributed by atoms with Gasteiger partial charge in [0.2, 0.25) is 0 Å². The molecule has 0 aliphatic rings. The molecule has 0 heterocycles. The first-order valence-corrected chi connectivity index (χ1v) is 4.80. The molecule has 0 aliphatic carbocycles. The second-order valence-electron chi connectivity index (χ2n) is 3.09. The van der Waals surface area contributed by atoms with Crippen LogP contribution in [0.1, 0.15) is 25.8 Å². The molecule has 0 aromatic heterocycles. The van der Waals surface area contributed by atoms with Crippen LogP contribution in [0.15, 0.2) is 18.2 Å². The largest absolute Gasteiger partial charge is 0.383 e. The number of halogens is 1. The fourth-order valence-corrected chi connectivity index (χ4v) is 1.19. The van der Waals surface area contributed by atoms with Crippen LogP contribution in [-0.4, -0.2) is 6.54 Å². The highest BCUT2D eigenvalue weighted by molar-refractivity contribution is 5.47. The number of benzene rings is 1. The molecule has 0 unspecified atom stereocenters. The number of rotatable bonds is 4. The van der Waals surface area contributed by atoms with E-state index in [1.807, 2.05) is 12.1 Å². The van der Waals surface area contributed by atoms with E-state index in [0.29, 0.717) is 5.69 Å². The quantitative estimate of drug-likeness (QED) is 0.752. The van der Waals surface area contributed by atoms with Gasteiger partial charge in [0.25, 0.3) is 0 Å². The standard InChI is InChI=1S/C11H16FN/c1-3-7-13-11-8-9(4-2)5-6-10(11)12/h5-6,8,13H,3-4,7H2,1-2H3. The van der Waals surface area contributed by atoms with Gasteiger partial charge in [0.05, 0.1) is 5.69 Å². The average Bonchev–Trinajstić information content (AvgIpc) is 2.17. The van der Waals surface area contributed by atoms with Crippen molar-refractivity contribution >= 4 is 5.69 Å². The molecule has 1 aromatic carbocycles. The van der Waals surface area contributed by atoms with Crippen molar-refractivity contribution in [2.45, 2.75) is 26.7 Å². The van der Waals surface area contributed by atoms with E-state index >= 15 is 0 Å². The summed E-state index contributed by atoms with van der Waals surface area (Å²) in [5, 5.41) is 3.06. The maximum Gasteiger partial charge on any atom is 0.146 e. The summed E-state index contributed by atoms with van der Waals surface area (Å²) in [5.41, 5.74) is 1.79. The van der Waals surface area contributed by atoms with E-state index in [4.69, 9.17) is 0 Å². The number of hydrogen-bond donors (Lipinski definition) is 1. The van der Waals surface area contributed by atoms with Gasteiger partial charge in [-0.15, -0.1) is 0 Å². The van der Waals surface area contributed by atoms with E-state index < -0.39 is 0 Å². The van der Waals surface area contributed by atoms with Crippen molar-refractivity contribution in [3.63, 3.8) is 0 Å². The summed E-state index contributed by atoms with van der Waals surface area (Å²) < 4.78 is 13.2. The third-order valence-electron chi connectivity index (χ3n) is 2.00. The molecule has 0 amide bonds. The fourth-order valence-electron chi connectivity index (χ4n) is 1.19. The van der Waals surface area contributed by atoms with Crippen LogP contribution in [0.4, 0.5) is 10.1 Å². The van der Waals surface area contributed by atoms with Gasteiger partial charge in [-0.1, -0.05) is 19.9 Å². The second kappa shape index (κ2) is 4.85. The lowest BCUT2D eigenvalue weighted by Crippen LogP contribution is -2.02. The summed E-state index contributed by atoms with van der Waals surface area (Å²) in [5.74, 6) is -0.161. The Balaban J connectivity index is 2.78. The Morgan fingerprint density at radius 3 is 2.69 bits per heavy atom. The molecule has 0 bridgehead atoms. The summed E-state index contributed by atoms with van der Waals surface area (Å²) in [6.45, 7) is 4.95. The number of anilines is 1. The minimum absolute atomic E-state index is 0.161. The molecular formula is C11H16FN. The van der Waals surface area contributed by atoms with Crippen molar-refractivity contribution in [1.29, 1.82) is 0 Å². The van der Waals surface area contributed by atoms with Gasteiger partial charge in [-0.25, -0.2) is 4.39 Å². The van der Waals surface area contributed by atoms with Crippen LogP contribution in [0.25, 0.3) is 0 Å². The number of nitrogens with one attached hydrogen (secondary N) is 1. The molecule has 2 heteroatoms. The van der Waals surface area contributed by atoms with Gasteiger partial charge >= 0.3 is 0 Å². The molecule has 0 radical (unpaired) electrons. The van der Waals surface area contributed by atoms with Gasteiger partial charge in [-0.2, -0.15) is 0 Å². The summed E-state index contributed by atoms with van der Waals surface area (Å²) in [6, 6.07) is 5.23. The summed E-state index contributed by atoms with van der Waals surface area (Å²) in [4.78, 5) is 0. The summed E-state index contributed by atoms with van der Waals surface area (Å²) in [7, 11) is 0. The number of hydrogen-bond acceptors (Lipinski definition) is 1. The first-order valence-electron chi connectivity index (χ1n) is 4.80. The zero-order valence-electron chi connectivity index (χ0n) is 8.23.